The summed E-state index contributed by atoms with van der Waals surface area (Å²) in [5, 5.41) is 12.6. The van der Waals surface area contributed by atoms with Crippen LogP contribution in [-0.2, 0) is 10.2 Å². The molecule has 1 amide bonds. The predicted octanol–water partition coefficient (Wildman–Crippen LogP) is 4.44. The average Bonchev–Trinajstić information content (AvgIpc) is 2.66. The van der Waals surface area contributed by atoms with Crippen molar-refractivity contribution in [1.82, 2.24) is 0 Å². The lowest BCUT2D eigenvalue weighted by Gasteiger charge is -2.37. The van der Waals surface area contributed by atoms with Gasteiger partial charge in [0, 0.05) is 23.7 Å². The summed E-state index contributed by atoms with van der Waals surface area (Å²) in [6, 6.07) is 9.09. The van der Waals surface area contributed by atoms with Crippen LogP contribution in [0.3, 0.4) is 0 Å². The van der Waals surface area contributed by atoms with Crippen molar-refractivity contribution in [2.24, 2.45) is 0 Å². The molecule has 0 fully saturated rings. The molecule has 0 radical (unpaired) electrons. The zero-order chi connectivity index (χ0) is 22.7. The lowest BCUT2D eigenvalue weighted by Crippen LogP contribution is -2.57. The van der Waals surface area contributed by atoms with E-state index in [4.69, 9.17) is 9.47 Å². The fourth-order valence-corrected chi connectivity index (χ4v) is 3.19. The van der Waals surface area contributed by atoms with Crippen molar-refractivity contribution in [2.75, 3.05) is 19.5 Å². The molecule has 0 saturated heterocycles. The summed E-state index contributed by atoms with van der Waals surface area (Å²) in [4.78, 5) is 12.6. The fraction of sp³-hybridized carbons (Fsp3) is 0.381. The van der Waals surface area contributed by atoms with Crippen molar-refractivity contribution >= 4 is 11.6 Å². The molecule has 0 heterocycles. The first-order valence-corrected chi connectivity index (χ1v) is 8.92. The molecular formula is C21H23F4NO4. The van der Waals surface area contributed by atoms with E-state index in [1.807, 2.05) is 0 Å². The van der Waals surface area contributed by atoms with Crippen molar-refractivity contribution in [3.8, 4) is 11.5 Å². The second kappa shape index (κ2) is 8.51. The van der Waals surface area contributed by atoms with E-state index in [0.29, 0.717) is 5.75 Å². The van der Waals surface area contributed by atoms with Crippen LogP contribution >= 0.6 is 0 Å². The van der Waals surface area contributed by atoms with Crippen LogP contribution < -0.4 is 14.8 Å². The van der Waals surface area contributed by atoms with Crippen LogP contribution in [0, 0.1) is 5.82 Å². The van der Waals surface area contributed by atoms with Crippen LogP contribution in [0.25, 0.3) is 0 Å². The summed E-state index contributed by atoms with van der Waals surface area (Å²) >= 11 is 0. The molecule has 0 bridgehead atoms. The highest BCUT2D eigenvalue weighted by Crippen LogP contribution is 2.44. The topological polar surface area (TPSA) is 67.8 Å². The number of ether oxygens (including phenoxy) is 2. The van der Waals surface area contributed by atoms with Crippen LogP contribution in [0.5, 0.6) is 11.5 Å². The molecule has 0 saturated carbocycles. The maximum absolute atomic E-state index is 13.9. The van der Waals surface area contributed by atoms with Gasteiger partial charge in [-0.2, -0.15) is 13.2 Å². The molecule has 2 aromatic carbocycles. The lowest BCUT2D eigenvalue weighted by molar-refractivity contribution is -0.254. The number of carbonyl (C=O) groups is 1. The van der Waals surface area contributed by atoms with E-state index in [-0.39, 0.29) is 17.0 Å². The Kier molecular flexibility index (Phi) is 6.66. The standard InChI is InChI=1S/C21H23F4NO4/c1-19(2,16-10-13(22)8-9-17(16)30-4)12-20(28,21(23,24)25)18(27)26-14-6-5-7-15(11-14)29-3/h5-11,28H,12H2,1-4H3,(H,26,27). The van der Waals surface area contributed by atoms with E-state index in [1.165, 1.54) is 52.3 Å². The van der Waals surface area contributed by atoms with E-state index in [2.05, 4.69) is 5.32 Å². The highest BCUT2D eigenvalue weighted by molar-refractivity contribution is 5.98. The van der Waals surface area contributed by atoms with Crippen LogP contribution in [0.15, 0.2) is 42.5 Å². The van der Waals surface area contributed by atoms with Gasteiger partial charge >= 0.3 is 6.18 Å². The van der Waals surface area contributed by atoms with Gasteiger partial charge in [0.15, 0.2) is 0 Å². The number of rotatable bonds is 7. The Morgan fingerprint density at radius 3 is 2.30 bits per heavy atom. The summed E-state index contributed by atoms with van der Waals surface area (Å²) < 4.78 is 65.5. The number of anilines is 1. The largest absolute Gasteiger partial charge is 0.497 e. The normalized spacial score (nSPS) is 14.0. The van der Waals surface area contributed by atoms with Gasteiger partial charge in [0.2, 0.25) is 5.60 Å². The third kappa shape index (κ3) is 4.84. The highest BCUT2D eigenvalue weighted by Gasteiger charge is 2.61. The minimum Gasteiger partial charge on any atom is -0.497 e. The Morgan fingerprint density at radius 2 is 1.73 bits per heavy atom. The number of aliphatic hydroxyl groups is 1. The number of hydrogen-bond acceptors (Lipinski definition) is 4. The van der Waals surface area contributed by atoms with Gasteiger partial charge in [-0.05, 0) is 35.7 Å². The number of benzene rings is 2. The predicted molar refractivity (Wildman–Crippen MR) is 103 cm³/mol. The summed E-state index contributed by atoms with van der Waals surface area (Å²) in [6.07, 6.45) is -6.37. The average molecular weight is 429 g/mol. The molecule has 164 valence electrons. The van der Waals surface area contributed by atoms with Gasteiger partial charge in [-0.1, -0.05) is 19.9 Å². The first kappa shape index (κ1) is 23.5. The van der Waals surface area contributed by atoms with Crippen molar-refractivity contribution in [3.05, 3.63) is 53.8 Å². The summed E-state index contributed by atoms with van der Waals surface area (Å²) in [7, 11) is 2.65. The Morgan fingerprint density at radius 1 is 1.07 bits per heavy atom. The van der Waals surface area contributed by atoms with E-state index >= 15 is 0 Å². The second-order valence-electron chi connectivity index (χ2n) is 7.45. The Balaban J connectivity index is 2.43. The monoisotopic (exact) mass is 429 g/mol. The Hall–Kier alpha value is -2.81. The van der Waals surface area contributed by atoms with Crippen molar-refractivity contribution in [1.29, 1.82) is 0 Å². The van der Waals surface area contributed by atoms with Crippen molar-refractivity contribution in [2.45, 2.75) is 37.5 Å². The molecule has 0 aromatic heterocycles. The van der Waals surface area contributed by atoms with E-state index < -0.39 is 35.3 Å². The molecule has 2 N–H and O–H groups in total. The molecular weight excluding hydrogens is 406 g/mol. The summed E-state index contributed by atoms with van der Waals surface area (Å²) in [5.41, 5.74) is -5.13. The summed E-state index contributed by atoms with van der Waals surface area (Å²) in [5.74, 6) is -1.89. The molecule has 1 unspecified atom stereocenters. The molecule has 9 heteroatoms. The molecule has 0 aliphatic rings. The molecule has 5 nitrogen and oxygen atoms in total. The van der Waals surface area contributed by atoms with Gasteiger partial charge in [-0.3, -0.25) is 4.79 Å². The maximum Gasteiger partial charge on any atom is 0.426 e. The molecule has 0 spiro atoms. The van der Waals surface area contributed by atoms with Crippen LogP contribution in [0.4, 0.5) is 23.2 Å². The number of nitrogens with one attached hydrogen (secondary N) is 1. The Bertz CT molecular complexity index is 914. The van der Waals surface area contributed by atoms with Crippen LogP contribution in [0.1, 0.15) is 25.8 Å². The van der Waals surface area contributed by atoms with Crippen LogP contribution in [-0.4, -0.2) is 37.0 Å². The SMILES string of the molecule is COc1cccc(NC(=O)C(O)(CC(C)(C)c2cc(F)ccc2OC)C(F)(F)F)c1. The first-order valence-electron chi connectivity index (χ1n) is 8.92. The van der Waals surface area contributed by atoms with Crippen molar-refractivity contribution in [3.63, 3.8) is 0 Å². The number of halogens is 4. The minimum atomic E-state index is -5.30. The van der Waals surface area contributed by atoms with E-state index in [9.17, 15) is 27.5 Å². The van der Waals surface area contributed by atoms with Crippen LogP contribution in [0.2, 0.25) is 0 Å². The Labute approximate surface area is 171 Å². The molecule has 0 aliphatic heterocycles. The number of amides is 1. The van der Waals surface area contributed by atoms with E-state index in [1.54, 1.807) is 6.07 Å². The van der Waals surface area contributed by atoms with E-state index in [0.717, 1.165) is 12.1 Å². The molecule has 2 aromatic rings. The van der Waals surface area contributed by atoms with Gasteiger partial charge in [0.05, 0.1) is 14.2 Å². The van der Waals surface area contributed by atoms with Gasteiger partial charge in [-0.15, -0.1) is 0 Å². The molecule has 1 atom stereocenters. The third-order valence-electron chi connectivity index (χ3n) is 4.76. The fourth-order valence-electron chi connectivity index (χ4n) is 3.19. The third-order valence-corrected chi connectivity index (χ3v) is 4.76. The maximum atomic E-state index is 13.9. The number of hydrogen-bond donors (Lipinski definition) is 2. The first-order chi connectivity index (χ1) is 13.8. The number of methoxy groups -OCH3 is 2. The summed E-state index contributed by atoms with van der Waals surface area (Å²) in [6.45, 7) is 2.72. The van der Waals surface area contributed by atoms with Gasteiger partial charge in [0.1, 0.15) is 17.3 Å². The van der Waals surface area contributed by atoms with Gasteiger partial charge in [-0.25, -0.2) is 4.39 Å². The molecule has 0 aliphatic carbocycles. The zero-order valence-corrected chi connectivity index (χ0v) is 16.9. The number of carbonyl (C=O) groups excluding carboxylic acids is 1. The van der Waals surface area contributed by atoms with Crippen molar-refractivity contribution < 1.29 is 36.9 Å². The molecule has 30 heavy (non-hydrogen) atoms. The minimum absolute atomic E-state index is 0.0168. The number of alkyl halides is 3. The quantitative estimate of drug-likeness (QED) is 0.639. The highest BCUT2D eigenvalue weighted by atomic mass is 19.4. The smallest absolute Gasteiger partial charge is 0.426 e. The second-order valence-corrected chi connectivity index (χ2v) is 7.45. The van der Waals surface area contributed by atoms with Gasteiger partial charge < -0.3 is 19.9 Å². The zero-order valence-electron chi connectivity index (χ0n) is 16.9. The lowest BCUT2D eigenvalue weighted by atomic mass is 9.74. The van der Waals surface area contributed by atoms with Gasteiger partial charge in [0.25, 0.3) is 5.91 Å². The molecule has 2 rings (SSSR count).